The molecule has 4 rings (SSSR count). The normalized spacial score (nSPS) is 11.1. The first-order valence-electron chi connectivity index (χ1n) is 9.81. The Morgan fingerprint density at radius 2 is 1.84 bits per heavy atom. The Bertz CT molecular complexity index is 1480. The summed E-state index contributed by atoms with van der Waals surface area (Å²) in [5, 5.41) is 0.411. The summed E-state index contributed by atoms with van der Waals surface area (Å²) in [5.41, 5.74) is 6.41. The lowest BCUT2D eigenvalue weighted by Gasteiger charge is -2.10. The fourth-order valence-corrected chi connectivity index (χ4v) is 5.11. The van der Waals surface area contributed by atoms with Gasteiger partial charge >= 0.3 is 5.69 Å². The van der Waals surface area contributed by atoms with Gasteiger partial charge in [0.05, 0.1) is 23.7 Å². The number of aromatic nitrogens is 2. The van der Waals surface area contributed by atoms with E-state index in [1.54, 1.807) is 18.2 Å². The summed E-state index contributed by atoms with van der Waals surface area (Å²) in [6, 6.07) is 10.2. The summed E-state index contributed by atoms with van der Waals surface area (Å²) >= 11 is 1.31. The maximum atomic E-state index is 13.4. The standard InChI is InChI=1S/C23H20FN3O4S/c1-4-26-22-18(21(29)27(23(26)30)15-8-6-14(24)7-9-15)12(2)19(32-22)13-5-10-16(20(25)28)17(11-13)31-3/h5-11H,4H2,1-3H3,(H2,25,28). The minimum atomic E-state index is -0.608. The Kier molecular flexibility index (Phi) is 5.43. The van der Waals surface area contributed by atoms with Gasteiger partial charge in [-0.25, -0.2) is 13.8 Å². The molecule has 0 saturated heterocycles. The number of amides is 1. The molecule has 4 aromatic rings. The highest BCUT2D eigenvalue weighted by Crippen LogP contribution is 2.38. The van der Waals surface area contributed by atoms with Crippen LogP contribution < -0.4 is 21.7 Å². The maximum absolute atomic E-state index is 13.4. The fourth-order valence-electron chi connectivity index (χ4n) is 3.75. The van der Waals surface area contributed by atoms with Crippen molar-refractivity contribution in [3.8, 4) is 21.9 Å². The van der Waals surface area contributed by atoms with Gasteiger partial charge in [0.15, 0.2) is 0 Å². The molecule has 0 unspecified atom stereocenters. The molecule has 0 aliphatic carbocycles. The van der Waals surface area contributed by atoms with E-state index in [-0.39, 0.29) is 5.56 Å². The number of aryl methyl sites for hydroxylation is 2. The van der Waals surface area contributed by atoms with E-state index >= 15 is 0 Å². The average Bonchev–Trinajstić information content (AvgIpc) is 3.12. The highest BCUT2D eigenvalue weighted by Gasteiger charge is 2.22. The number of hydrogen-bond donors (Lipinski definition) is 1. The van der Waals surface area contributed by atoms with E-state index < -0.39 is 23.0 Å². The molecular formula is C23H20FN3O4S. The van der Waals surface area contributed by atoms with Crippen LogP contribution in [0.3, 0.4) is 0 Å². The molecule has 2 aromatic heterocycles. The SMILES string of the molecule is CCn1c(=O)n(-c2ccc(F)cc2)c(=O)c2c(C)c(-c3ccc(C(N)=O)c(OC)c3)sc21. The monoisotopic (exact) mass is 453 g/mol. The molecule has 0 radical (unpaired) electrons. The van der Waals surface area contributed by atoms with Crippen molar-refractivity contribution < 1.29 is 13.9 Å². The molecule has 164 valence electrons. The molecule has 1 amide bonds. The average molecular weight is 453 g/mol. The van der Waals surface area contributed by atoms with Crippen LogP contribution in [0, 0.1) is 12.7 Å². The van der Waals surface area contributed by atoms with E-state index in [2.05, 4.69) is 0 Å². The number of ether oxygens (including phenoxy) is 1. The molecule has 9 heteroatoms. The van der Waals surface area contributed by atoms with Crippen LogP contribution in [-0.4, -0.2) is 22.2 Å². The van der Waals surface area contributed by atoms with E-state index in [4.69, 9.17) is 10.5 Å². The number of carbonyl (C=O) groups is 1. The molecule has 0 aliphatic rings. The Labute approximate surface area is 186 Å². The first kappa shape index (κ1) is 21.5. The molecule has 0 aliphatic heterocycles. The number of nitrogens with zero attached hydrogens (tertiary/aromatic N) is 2. The zero-order chi connectivity index (χ0) is 23.2. The molecule has 0 spiro atoms. The fraction of sp³-hybridized carbons (Fsp3) is 0.174. The second-order valence-corrected chi connectivity index (χ2v) is 8.16. The highest BCUT2D eigenvalue weighted by atomic mass is 32.1. The molecule has 0 atom stereocenters. The lowest BCUT2D eigenvalue weighted by atomic mass is 10.1. The van der Waals surface area contributed by atoms with E-state index in [1.165, 1.54) is 47.3 Å². The molecular weight excluding hydrogens is 433 g/mol. The van der Waals surface area contributed by atoms with E-state index in [0.717, 1.165) is 15.0 Å². The van der Waals surface area contributed by atoms with Crippen LogP contribution in [0.25, 0.3) is 26.3 Å². The van der Waals surface area contributed by atoms with E-state index in [0.29, 0.717) is 33.8 Å². The summed E-state index contributed by atoms with van der Waals surface area (Å²) < 4.78 is 21.3. The smallest absolute Gasteiger partial charge is 0.336 e. The van der Waals surface area contributed by atoms with Crippen molar-refractivity contribution in [3.63, 3.8) is 0 Å². The Hall–Kier alpha value is -3.72. The predicted molar refractivity (Wildman–Crippen MR) is 123 cm³/mol. The van der Waals surface area contributed by atoms with Crippen LogP contribution >= 0.6 is 11.3 Å². The number of rotatable bonds is 5. The van der Waals surface area contributed by atoms with Crippen LogP contribution in [0.5, 0.6) is 5.75 Å². The molecule has 32 heavy (non-hydrogen) atoms. The summed E-state index contributed by atoms with van der Waals surface area (Å²) in [6.45, 7) is 3.98. The van der Waals surface area contributed by atoms with Crippen LogP contribution in [0.4, 0.5) is 4.39 Å². The number of fused-ring (bicyclic) bond motifs is 1. The Morgan fingerprint density at radius 3 is 2.44 bits per heavy atom. The quantitative estimate of drug-likeness (QED) is 0.501. The van der Waals surface area contributed by atoms with Crippen molar-refractivity contribution in [2.45, 2.75) is 20.4 Å². The van der Waals surface area contributed by atoms with Crippen LogP contribution in [0.15, 0.2) is 52.1 Å². The van der Waals surface area contributed by atoms with Crippen LogP contribution in [-0.2, 0) is 6.54 Å². The van der Waals surface area contributed by atoms with Crippen molar-refractivity contribution in [3.05, 3.63) is 80.2 Å². The third kappa shape index (κ3) is 3.31. The summed E-state index contributed by atoms with van der Waals surface area (Å²) in [4.78, 5) is 39.5. The van der Waals surface area contributed by atoms with Crippen molar-refractivity contribution in [2.24, 2.45) is 5.73 Å². The van der Waals surface area contributed by atoms with Crippen LogP contribution in [0.1, 0.15) is 22.8 Å². The second-order valence-electron chi connectivity index (χ2n) is 7.16. The van der Waals surface area contributed by atoms with Gasteiger partial charge in [-0.15, -0.1) is 11.3 Å². The number of benzene rings is 2. The van der Waals surface area contributed by atoms with Crippen molar-refractivity contribution in [2.75, 3.05) is 7.11 Å². The summed E-state index contributed by atoms with van der Waals surface area (Å²) in [5.74, 6) is -0.743. The number of hydrogen-bond acceptors (Lipinski definition) is 5. The zero-order valence-electron chi connectivity index (χ0n) is 17.6. The number of carbonyl (C=O) groups excluding carboxylic acids is 1. The number of nitrogens with two attached hydrogens (primary N) is 1. The molecule has 0 bridgehead atoms. The third-order valence-electron chi connectivity index (χ3n) is 5.34. The first-order valence-corrected chi connectivity index (χ1v) is 10.6. The third-order valence-corrected chi connectivity index (χ3v) is 6.71. The van der Waals surface area contributed by atoms with Gasteiger partial charge in [-0.2, -0.15) is 0 Å². The summed E-state index contributed by atoms with van der Waals surface area (Å²) in [7, 11) is 1.44. The highest BCUT2D eigenvalue weighted by molar-refractivity contribution is 7.22. The molecule has 7 nitrogen and oxygen atoms in total. The van der Waals surface area contributed by atoms with Gasteiger partial charge in [0, 0.05) is 11.4 Å². The van der Waals surface area contributed by atoms with Crippen LogP contribution in [0.2, 0.25) is 0 Å². The number of halogens is 1. The van der Waals surface area contributed by atoms with Crippen molar-refractivity contribution >= 4 is 27.5 Å². The van der Waals surface area contributed by atoms with Gasteiger partial charge in [-0.05, 0) is 61.4 Å². The zero-order valence-corrected chi connectivity index (χ0v) is 18.5. The number of thiophene rings is 1. The van der Waals surface area contributed by atoms with Gasteiger partial charge in [0.25, 0.3) is 11.5 Å². The van der Waals surface area contributed by atoms with Gasteiger partial charge in [0.2, 0.25) is 0 Å². The van der Waals surface area contributed by atoms with Gasteiger partial charge in [-0.3, -0.25) is 14.2 Å². The maximum Gasteiger partial charge on any atom is 0.336 e. The molecule has 0 saturated carbocycles. The number of methoxy groups -OCH3 is 1. The molecule has 0 fully saturated rings. The van der Waals surface area contributed by atoms with Gasteiger partial charge < -0.3 is 10.5 Å². The van der Waals surface area contributed by atoms with Crippen molar-refractivity contribution in [1.82, 2.24) is 9.13 Å². The number of primary amides is 1. The van der Waals surface area contributed by atoms with E-state index in [1.807, 2.05) is 13.8 Å². The van der Waals surface area contributed by atoms with E-state index in [9.17, 15) is 18.8 Å². The Morgan fingerprint density at radius 1 is 1.16 bits per heavy atom. The lowest BCUT2D eigenvalue weighted by molar-refractivity contribution is 0.0997. The lowest BCUT2D eigenvalue weighted by Crippen LogP contribution is -2.38. The Balaban J connectivity index is 2.03. The molecule has 2 N–H and O–H groups in total. The second kappa shape index (κ2) is 8.08. The predicted octanol–water partition coefficient (Wildman–Crippen LogP) is 3.46. The van der Waals surface area contributed by atoms with Crippen molar-refractivity contribution in [1.29, 1.82) is 0 Å². The molecule has 2 heterocycles. The minimum Gasteiger partial charge on any atom is -0.496 e. The topological polar surface area (TPSA) is 96.3 Å². The summed E-state index contributed by atoms with van der Waals surface area (Å²) in [6.07, 6.45) is 0. The minimum absolute atomic E-state index is 0.249. The largest absolute Gasteiger partial charge is 0.496 e. The van der Waals surface area contributed by atoms with Gasteiger partial charge in [0.1, 0.15) is 16.4 Å². The molecule has 2 aromatic carbocycles. The first-order chi connectivity index (χ1) is 15.3. The van der Waals surface area contributed by atoms with Gasteiger partial charge in [-0.1, -0.05) is 6.07 Å².